The van der Waals surface area contributed by atoms with Gasteiger partial charge in [0.05, 0.1) is 13.0 Å². The van der Waals surface area contributed by atoms with Crippen LogP contribution in [0.25, 0.3) is 0 Å². The molecule has 1 aromatic heterocycles. The fourth-order valence-corrected chi connectivity index (χ4v) is 1.97. The number of aromatic nitrogens is 1. The molecule has 0 aliphatic carbocycles. The van der Waals surface area contributed by atoms with Crippen molar-refractivity contribution in [1.29, 1.82) is 0 Å². The Labute approximate surface area is 119 Å². The van der Waals surface area contributed by atoms with Crippen molar-refractivity contribution in [2.75, 3.05) is 6.61 Å². The quantitative estimate of drug-likeness (QED) is 0.849. The Morgan fingerprint density at radius 1 is 1.30 bits per heavy atom. The Morgan fingerprint density at radius 3 is 2.85 bits per heavy atom. The average Bonchev–Trinajstić information content (AvgIpc) is 2.92. The molecule has 2 rings (SSSR count). The van der Waals surface area contributed by atoms with E-state index in [-0.39, 0.29) is 5.91 Å². The van der Waals surface area contributed by atoms with Crippen LogP contribution >= 0.6 is 0 Å². The van der Waals surface area contributed by atoms with E-state index in [0.29, 0.717) is 19.6 Å². The van der Waals surface area contributed by atoms with Gasteiger partial charge in [0.15, 0.2) is 0 Å². The molecule has 0 radical (unpaired) electrons. The standard InChI is InChI=1S/C16H20N2O2/c1-12-3-4-15(13(2)9-12)20-8-6-16(19)18-11-14-5-7-17-10-14/h3-5,7,9-10,17H,6,8,11H2,1-2H3,(H,18,19). The Bertz CT molecular complexity index is 562. The first kappa shape index (κ1) is 14.2. The number of ether oxygens (including phenoxy) is 1. The molecule has 2 aromatic rings. The summed E-state index contributed by atoms with van der Waals surface area (Å²) >= 11 is 0. The normalized spacial score (nSPS) is 10.3. The molecule has 0 saturated heterocycles. The number of rotatable bonds is 6. The maximum absolute atomic E-state index is 11.7. The molecule has 4 nitrogen and oxygen atoms in total. The number of amides is 1. The lowest BCUT2D eigenvalue weighted by molar-refractivity contribution is -0.121. The highest BCUT2D eigenvalue weighted by molar-refractivity contribution is 5.75. The van der Waals surface area contributed by atoms with Gasteiger partial charge in [-0.15, -0.1) is 0 Å². The lowest BCUT2D eigenvalue weighted by Crippen LogP contribution is -2.24. The molecule has 2 N–H and O–H groups in total. The van der Waals surface area contributed by atoms with Crippen molar-refractivity contribution in [3.63, 3.8) is 0 Å². The van der Waals surface area contributed by atoms with E-state index in [0.717, 1.165) is 16.9 Å². The Kier molecular flexibility index (Phi) is 4.82. The lowest BCUT2D eigenvalue weighted by atomic mass is 10.1. The summed E-state index contributed by atoms with van der Waals surface area (Å²) in [6.45, 7) is 4.99. The molecule has 0 saturated carbocycles. The van der Waals surface area contributed by atoms with Crippen molar-refractivity contribution in [2.45, 2.75) is 26.8 Å². The molecule has 1 heterocycles. The topological polar surface area (TPSA) is 54.1 Å². The number of aromatic amines is 1. The van der Waals surface area contributed by atoms with Gasteiger partial charge in [0, 0.05) is 18.9 Å². The SMILES string of the molecule is Cc1ccc(OCCC(=O)NCc2cc[nH]c2)c(C)c1. The van der Waals surface area contributed by atoms with Crippen LogP contribution in [-0.2, 0) is 11.3 Å². The Hall–Kier alpha value is -2.23. The summed E-state index contributed by atoms with van der Waals surface area (Å²) in [5.74, 6) is 0.838. The number of carbonyl (C=O) groups excluding carboxylic acids is 1. The molecule has 4 heteroatoms. The smallest absolute Gasteiger partial charge is 0.223 e. The molecular weight excluding hydrogens is 252 g/mol. The lowest BCUT2D eigenvalue weighted by Gasteiger charge is -2.09. The van der Waals surface area contributed by atoms with E-state index in [4.69, 9.17) is 4.74 Å². The van der Waals surface area contributed by atoms with E-state index in [1.54, 1.807) is 0 Å². The number of hydrogen-bond donors (Lipinski definition) is 2. The predicted octanol–water partition coefficient (Wildman–Crippen LogP) is 2.72. The van der Waals surface area contributed by atoms with Gasteiger partial charge in [0.2, 0.25) is 5.91 Å². The predicted molar refractivity (Wildman–Crippen MR) is 78.7 cm³/mol. The van der Waals surface area contributed by atoms with Crippen LogP contribution in [0.1, 0.15) is 23.1 Å². The average molecular weight is 272 g/mol. The first-order chi connectivity index (χ1) is 9.65. The molecule has 20 heavy (non-hydrogen) atoms. The molecule has 0 spiro atoms. The van der Waals surface area contributed by atoms with Gasteiger partial charge >= 0.3 is 0 Å². The summed E-state index contributed by atoms with van der Waals surface area (Å²) < 4.78 is 5.63. The zero-order valence-corrected chi connectivity index (χ0v) is 11.9. The van der Waals surface area contributed by atoms with Gasteiger partial charge in [-0.2, -0.15) is 0 Å². The van der Waals surface area contributed by atoms with Gasteiger partial charge in [-0.05, 0) is 37.1 Å². The number of aryl methyl sites for hydroxylation is 2. The van der Waals surface area contributed by atoms with E-state index in [1.165, 1.54) is 5.56 Å². The van der Waals surface area contributed by atoms with Crippen LogP contribution in [0.15, 0.2) is 36.7 Å². The third-order valence-electron chi connectivity index (χ3n) is 3.07. The molecule has 0 aliphatic heterocycles. The molecule has 1 amide bonds. The highest BCUT2D eigenvalue weighted by Crippen LogP contribution is 2.18. The van der Waals surface area contributed by atoms with Gasteiger partial charge in [-0.25, -0.2) is 0 Å². The minimum absolute atomic E-state index is 0.00374. The summed E-state index contributed by atoms with van der Waals surface area (Å²) in [6, 6.07) is 7.96. The van der Waals surface area contributed by atoms with E-state index in [2.05, 4.69) is 16.4 Å². The van der Waals surface area contributed by atoms with E-state index < -0.39 is 0 Å². The van der Waals surface area contributed by atoms with Crippen molar-refractivity contribution >= 4 is 5.91 Å². The first-order valence-corrected chi connectivity index (χ1v) is 6.73. The highest BCUT2D eigenvalue weighted by Gasteiger charge is 2.04. The fourth-order valence-electron chi connectivity index (χ4n) is 1.97. The number of carbonyl (C=O) groups is 1. The maximum Gasteiger partial charge on any atom is 0.223 e. The minimum atomic E-state index is -0.00374. The van der Waals surface area contributed by atoms with Crippen molar-refractivity contribution in [1.82, 2.24) is 10.3 Å². The van der Waals surface area contributed by atoms with Crippen LogP contribution in [0.2, 0.25) is 0 Å². The molecule has 0 fully saturated rings. The second-order valence-corrected chi connectivity index (χ2v) is 4.86. The van der Waals surface area contributed by atoms with Crippen molar-refractivity contribution in [3.8, 4) is 5.75 Å². The molecular formula is C16H20N2O2. The second kappa shape index (κ2) is 6.80. The fraction of sp³-hybridized carbons (Fsp3) is 0.312. The Morgan fingerprint density at radius 2 is 2.15 bits per heavy atom. The number of nitrogens with one attached hydrogen (secondary N) is 2. The van der Waals surface area contributed by atoms with E-state index in [9.17, 15) is 4.79 Å². The van der Waals surface area contributed by atoms with Gasteiger partial charge < -0.3 is 15.0 Å². The molecule has 1 aromatic carbocycles. The van der Waals surface area contributed by atoms with Crippen LogP contribution < -0.4 is 10.1 Å². The van der Waals surface area contributed by atoms with Crippen molar-refractivity contribution < 1.29 is 9.53 Å². The van der Waals surface area contributed by atoms with Crippen LogP contribution in [0, 0.1) is 13.8 Å². The third kappa shape index (κ3) is 4.16. The monoisotopic (exact) mass is 272 g/mol. The number of benzene rings is 1. The zero-order chi connectivity index (χ0) is 14.4. The molecule has 0 aliphatic rings. The van der Waals surface area contributed by atoms with Crippen molar-refractivity contribution in [2.24, 2.45) is 0 Å². The van der Waals surface area contributed by atoms with Gasteiger partial charge in [-0.3, -0.25) is 4.79 Å². The Balaban J connectivity index is 1.71. The molecule has 0 unspecified atom stereocenters. The second-order valence-electron chi connectivity index (χ2n) is 4.86. The van der Waals surface area contributed by atoms with Gasteiger partial charge in [0.1, 0.15) is 5.75 Å². The molecule has 0 atom stereocenters. The van der Waals surface area contributed by atoms with E-state index in [1.807, 2.05) is 44.4 Å². The van der Waals surface area contributed by atoms with Crippen LogP contribution in [0.3, 0.4) is 0 Å². The maximum atomic E-state index is 11.7. The van der Waals surface area contributed by atoms with E-state index >= 15 is 0 Å². The van der Waals surface area contributed by atoms with Crippen LogP contribution in [0.4, 0.5) is 0 Å². The van der Waals surface area contributed by atoms with Crippen LogP contribution in [0.5, 0.6) is 5.75 Å². The summed E-state index contributed by atoms with van der Waals surface area (Å²) in [7, 11) is 0. The van der Waals surface area contributed by atoms with Crippen LogP contribution in [-0.4, -0.2) is 17.5 Å². The van der Waals surface area contributed by atoms with Gasteiger partial charge in [-0.1, -0.05) is 17.7 Å². The summed E-state index contributed by atoms with van der Waals surface area (Å²) in [4.78, 5) is 14.6. The molecule has 0 bridgehead atoms. The minimum Gasteiger partial charge on any atom is -0.493 e. The third-order valence-corrected chi connectivity index (χ3v) is 3.07. The number of H-pyrrole nitrogens is 1. The number of hydrogen-bond acceptors (Lipinski definition) is 2. The largest absolute Gasteiger partial charge is 0.493 e. The molecule has 106 valence electrons. The highest BCUT2D eigenvalue weighted by atomic mass is 16.5. The summed E-state index contributed by atoms with van der Waals surface area (Å²) in [5.41, 5.74) is 3.37. The van der Waals surface area contributed by atoms with Crippen molar-refractivity contribution in [3.05, 3.63) is 53.3 Å². The zero-order valence-electron chi connectivity index (χ0n) is 11.9. The van der Waals surface area contributed by atoms with Gasteiger partial charge in [0.25, 0.3) is 0 Å². The summed E-state index contributed by atoms with van der Waals surface area (Å²) in [6.07, 6.45) is 4.06. The first-order valence-electron chi connectivity index (χ1n) is 6.73. The summed E-state index contributed by atoms with van der Waals surface area (Å²) in [5, 5.41) is 2.86.